The number of rotatable bonds is 10. The summed E-state index contributed by atoms with van der Waals surface area (Å²) in [7, 11) is 0. The largest absolute Gasteiger partial charge is 0.462 e. The lowest BCUT2D eigenvalue weighted by atomic mass is 10.1. The molecule has 2 fully saturated rings. The quantitative estimate of drug-likeness (QED) is 0.276. The maximum atomic E-state index is 13.7. The van der Waals surface area contributed by atoms with E-state index in [1.54, 1.807) is 45.9 Å². The van der Waals surface area contributed by atoms with Crippen LogP contribution in [-0.2, 0) is 32.2 Å². The Hall–Kier alpha value is -4.57. The first-order valence-corrected chi connectivity index (χ1v) is 14.4. The Balaban J connectivity index is 1.32. The van der Waals surface area contributed by atoms with Crippen LogP contribution in [0.3, 0.4) is 0 Å². The van der Waals surface area contributed by atoms with Gasteiger partial charge in [-0.2, -0.15) is 0 Å². The average molecular weight is 585 g/mol. The van der Waals surface area contributed by atoms with Gasteiger partial charge in [0.05, 0.1) is 25.1 Å². The van der Waals surface area contributed by atoms with Crippen LogP contribution in [0.4, 0.5) is 11.4 Å². The van der Waals surface area contributed by atoms with Gasteiger partial charge in [0.25, 0.3) is 5.91 Å². The number of esters is 1. The molecule has 0 aliphatic carbocycles. The molecule has 1 N–H and O–H groups in total. The van der Waals surface area contributed by atoms with Gasteiger partial charge >= 0.3 is 5.97 Å². The predicted octanol–water partition coefficient (Wildman–Crippen LogP) is 4.52. The number of anilines is 2. The highest BCUT2D eigenvalue weighted by molar-refractivity contribution is 7.80. The van der Waals surface area contributed by atoms with E-state index >= 15 is 0 Å². The highest BCUT2D eigenvalue weighted by atomic mass is 32.1. The van der Waals surface area contributed by atoms with Crippen molar-refractivity contribution in [2.75, 3.05) is 23.4 Å². The Morgan fingerprint density at radius 2 is 1.62 bits per heavy atom. The summed E-state index contributed by atoms with van der Waals surface area (Å²) >= 11 is 5.79. The smallest absolute Gasteiger partial charge is 0.338 e. The van der Waals surface area contributed by atoms with Crippen LogP contribution >= 0.6 is 12.2 Å². The molecular formula is C32H32N4O5S. The standard InChI is InChI=1S/C32H32N4O5S/c1-2-41-31(40)24-12-14-25(15-13-24)33-28(37)19-27-30(39)36(21-22-7-4-3-5-8-22)32(42)35(27)20-23-10-16-26(17-11-23)34-18-6-9-29(34)38/h3-5,7-8,10-17,27H,2,6,9,18-21H2,1H3,(H,33,37). The molecule has 2 heterocycles. The van der Waals surface area contributed by atoms with Gasteiger partial charge in [0.2, 0.25) is 11.8 Å². The van der Waals surface area contributed by atoms with E-state index in [9.17, 15) is 19.2 Å². The molecule has 9 nitrogen and oxygen atoms in total. The third-order valence-corrected chi connectivity index (χ3v) is 7.78. The molecule has 42 heavy (non-hydrogen) atoms. The van der Waals surface area contributed by atoms with E-state index in [1.165, 1.54) is 0 Å². The zero-order valence-corrected chi connectivity index (χ0v) is 24.1. The second-order valence-electron chi connectivity index (χ2n) is 10.2. The minimum absolute atomic E-state index is 0.107. The van der Waals surface area contributed by atoms with Crippen molar-refractivity contribution in [2.45, 2.75) is 45.3 Å². The zero-order valence-electron chi connectivity index (χ0n) is 23.3. The monoisotopic (exact) mass is 584 g/mol. The molecule has 3 amide bonds. The molecule has 3 aromatic rings. The maximum Gasteiger partial charge on any atom is 0.338 e. The molecule has 0 saturated carbocycles. The summed E-state index contributed by atoms with van der Waals surface area (Å²) in [4.78, 5) is 56.0. The van der Waals surface area contributed by atoms with Gasteiger partial charge in [-0.25, -0.2) is 4.79 Å². The van der Waals surface area contributed by atoms with Gasteiger partial charge in [-0.05, 0) is 73.1 Å². The van der Waals surface area contributed by atoms with E-state index in [4.69, 9.17) is 17.0 Å². The molecule has 1 atom stereocenters. The van der Waals surface area contributed by atoms with E-state index in [-0.39, 0.29) is 30.7 Å². The molecule has 1 unspecified atom stereocenters. The first kappa shape index (κ1) is 28.9. The minimum Gasteiger partial charge on any atom is -0.462 e. The molecule has 0 aromatic heterocycles. The highest BCUT2D eigenvalue weighted by Gasteiger charge is 2.43. The van der Waals surface area contributed by atoms with E-state index in [0.717, 1.165) is 23.2 Å². The molecule has 0 bridgehead atoms. The van der Waals surface area contributed by atoms with E-state index in [0.29, 0.717) is 42.4 Å². The fourth-order valence-electron chi connectivity index (χ4n) is 5.17. The fraction of sp³-hybridized carbons (Fsp3) is 0.281. The van der Waals surface area contributed by atoms with Gasteiger partial charge in [-0.15, -0.1) is 0 Å². The number of amides is 3. The summed E-state index contributed by atoms with van der Waals surface area (Å²) in [5.74, 6) is -0.910. The molecule has 3 aromatic carbocycles. The summed E-state index contributed by atoms with van der Waals surface area (Å²) in [5.41, 5.74) is 3.56. The second kappa shape index (κ2) is 12.9. The molecule has 0 spiro atoms. The van der Waals surface area contributed by atoms with E-state index in [1.807, 2.05) is 54.6 Å². The molecule has 5 rings (SSSR count). The Morgan fingerprint density at radius 1 is 0.929 bits per heavy atom. The van der Waals surface area contributed by atoms with Gasteiger partial charge in [0.15, 0.2) is 5.11 Å². The van der Waals surface area contributed by atoms with Crippen LogP contribution < -0.4 is 10.2 Å². The Labute approximate surface area is 250 Å². The number of nitrogens with zero attached hydrogens (tertiary/aromatic N) is 3. The average Bonchev–Trinajstić information content (AvgIpc) is 3.51. The van der Waals surface area contributed by atoms with Crippen molar-refractivity contribution in [1.82, 2.24) is 9.80 Å². The summed E-state index contributed by atoms with van der Waals surface area (Å²) < 4.78 is 5.01. The topological polar surface area (TPSA) is 99.3 Å². The number of hydrogen-bond donors (Lipinski definition) is 1. The fourth-order valence-corrected chi connectivity index (χ4v) is 5.52. The van der Waals surface area contributed by atoms with Crippen LogP contribution in [0.1, 0.15) is 47.7 Å². The van der Waals surface area contributed by atoms with Crippen LogP contribution in [0.15, 0.2) is 78.9 Å². The number of thiocarbonyl (C=S) groups is 1. The van der Waals surface area contributed by atoms with Gasteiger partial charge in [-0.3, -0.25) is 19.3 Å². The Bertz CT molecular complexity index is 1480. The highest BCUT2D eigenvalue weighted by Crippen LogP contribution is 2.27. The van der Waals surface area contributed by atoms with Crippen molar-refractivity contribution in [2.24, 2.45) is 0 Å². The van der Waals surface area contributed by atoms with Gasteiger partial charge in [0, 0.05) is 30.9 Å². The molecule has 10 heteroatoms. The molecule has 2 saturated heterocycles. The van der Waals surface area contributed by atoms with Crippen molar-refractivity contribution < 1.29 is 23.9 Å². The summed E-state index contributed by atoms with van der Waals surface area (Å²) in [6, 6.07) is 22.9. The van der Waals surface area contributed by atoms with Gasteiger partial charge in [-0.1, -0.05) is 42.5 Å². The van der Waals surface area contributed by atoms with Crippen LogP contribution in [0.5, 0.6) is 0 Å². The van der Waals surface area contributed by atoms with E-state index in [2.05, 4.69) is 5.32 Å². The molecular weight excluding hydrogens is 552 g/mol. The van der Waals surface area contributed by atoms with Crippen molar-refractivity contribution in [3.8, 4) is 0 Å². The number of carbonyl (C=O) groups is 4. The van der Waals surface area contributed by atoms with E-state index < -0.39 is 12.0 Å². The Morgan fingerprint density at radius 3 is 2.26 bits per heavy atom. The normalized spacial score (nSPS) is 16.7. The molecule has 2 aliphatic rings. The van der Waals surface area contributed by atoms with Crippen LogP contribution in [0.2, 0.25) is 0 Å². The SMILES string of the molecule is CCOC(=O)c1ccc(NC(=O)CC2C(=O)N(Cc3ccccc3)C(=S)N2Cc2ccc(N3CCCC3=O)cc2)cc1. The zero-order chi connectivity index (χ0) is 29.6. The van der Waals surface area contributed by atoms with Crippen molar-refractivity contribution in [1.29, 1.82) is 0 Å². The molecule has 216 valence electrons. The Kier molecular flexibility index (Phi) is 8.92. The van der Waals surface area contributed by atoms with Gasteiger partial charge < -0.3 is 19.9 Å². The molecule has 2 aliphatic heterocycles. The predicted molar refractivity (Wildman–Crippen MR) is 163 cm³/mol. The summed E-state index contributed by atoms with van der Waals surface area (Å²) in [6.45, 7) is 3.35. The second-order valence-corrected chi connectivity index (χ2v) is 10.6. The number of nitrogens with one attached hydrogen (secondary N) is 1. The third-order valence-electron chi connectivity index (χ3n) is 7.32. The summed E-state index contributed by atoms with van der Waals surface area (Å²) in [6.07, 6.45) is 1.30. The van der Waals surface area contributed by atoms with Crippen LogP contribution in [-0.4, -0.2) is 57.8 Å². The minimum atomic E-state index is -0.792. The first-order valence-electron chi connectivity index (χ1n) is 14.0. The lowest BCUT2D eigenvalue weighted by molar-refractivity contribution is -0.131. The first-order chi connectivity index (χ1) is 20.3. The van der Waals surface area contributed by atoms with Crippen molar-refractivity contribution >= 4 is 52.4 Å². The number of carbonyl (C=O) groups excluding carboxylic acids is 4. The number of benzene rings is 3. The lowest BCUT2D eigenvalue weighted by Gasteiger charge is -2.24. The van der Waals surface area contributed by atoms with Crippen LogP contribution in [0, 0.1) is 0 Å². The number of hydrogen-bond acceptors (Lipinski definition) is 6. The van der Waals surface area contributed by atoms with Crippen molar-refractivity contribution in [3.05, 3.63) is 95.6 Å². The third kappa shape index (κ3) is 6.49. The summed E-state index contributed by atoms with van der Waals surface area (Å²) in [5, 5.41) is 3.19. The van der Waals surface area contributed by atoms with Crippen molar-refractivity contribution in [3.63, 3.8) is 0 Å². The van der Waals surface area contributed by atoms with Gasteiger partial charge in [0.1, 0.15) is 6.04 Å². The molecule has 0 radical (unpaired) electrons. The van der Waals surface area contributed by atoms with Crippen LogP contribution in [0.25, 0.3) is 0 Å². The lowest BCUT2D eigenvalue weighted by Crippen LogP contribution is -2.37. The number of ether oxygens (including phenoxy) is 1. The maximum absolute atomic E-state index is 13.7.